The van der Waals surface area contributed by atoms with Crippen molar-refractivity contribution in [1.82, 2.24) is 15.5 Å². The fourth-order valence-corrected chi connectivity index (χ4v) is 9.25. The Morgan fingerprint density at radius 2 is 1.60 bits per heavy atom. The molecule has 1 saturated heterocycles. The van der Waals surface area contributed by atoms with Crippen molar-refractivity contribution in [2.75, 3.05) is 25.1 Å². The fourth-order valence-electron chi connectivity index (χ4n) is 6.67. The van der Waals surface area contributed by atoms with Gasteiger partial charge >= 0.3 is 13.6 Å². The normalized spacial score (nSPS) is 18.9. The molecule has 2 aliphatic rings. The van der Waals surface area contributed by atoms with Crippen molar-refractivity contribution in [2.24, 2.45) is 5.92 Å². The number of nitrogens with one attached hydrogen (secondary N) is 3. The highest BCUT2D eigenvalue weighted by Gasteiger charge is 2.45. The van der Waals surface area contributed by atoms with E-state index in [-0.39, 0.29) is 37.9 Å². The van der Waals surface area contributed by atoms with Crippen LogP contribution in [0.3, 0.4) is 0 Å². The third-order valence-corrected chi connectivity index (χ3v) is 12.2. The summed E-state index contributed by atoms with van der Waals surface area (Å²) in [5, 5.41) is 20.2. The largest absolute Gasteiger partial charge is 0.390 e. The standard InChI is InChI=1S/C35H50IN4O7P/c1-3-46-48(45,47-4-2)33-16-11-21-40(33)32(42)24-31(41)29(22-25-12-7-5-8-13-25)38-34(43)30(23-26-14-9-6-10-15-26)39-35(44)37-28-19-17-27(36)18-20-28/h6,9-10,14-15,17-20,25,29-31,33,41H,3-5,7-8,11-13,16,21-24H2,1-2H3,(H,38,43)(H2,37,39,44). The Bertz CT molecular complexity index is 1370. The predicted molar refractivity (Wildman–Crippen MR) is 195 cm³/mol. The molecule has 48 heavy (non-hydrogen) atoms. The highest BCUT2D eigenvalue weighted by Crippen LogP contribution is 2.57. The Balaban J connectivity index is 1.50. The molecule has 1 heterocycles. The molecule has 4 atom stereocenters. The molecule has 11 nitrogen and oxygen atoms in total. The van der Waals surface area contributed by atoms with Crippen LogP contribution >= 0.6 is 30.2 Å². The van der Waals surface area contributed by atoms with Crippen molar-refractivity contribution < 1.29 is 33.1 Å². The number of aliphatic hydroxyl groups is 1. The average Bonchev–Trinajstić information content (AvgIpc) is 3.58. The molecule has 0 spiro atoms. The van der Waals surface area contributed by atoms with E-state index < -0.39 is 43.5 Å². The van der Waals surface area contributed by atoms with Gasteiger partial charge in [-0.05, 0) is 91.4 Å². The molecule has 4 rings (SSSR count). The number of anilines is 1. The molecule has 1 aliphatic carbocycles. The van der Waals surface area contributed by atoms with Crippen LogP contribution in [-0.4, -0.2) is 71.6 Å². The summed E-state index contributed by atoms with van der Waals surface area (Å²) < 4.78 is 25.8. The summed E-state index contributed by atoms with van der Waals surface area (Å²) in [5.74, 6) is -1.23. The van der Waals surface area contributed by atoms with Gasteiger partial charge in [0.25, 0.3) is 0 Å². The lowest BCUT2D eigenvalue weighted by Gasteiger charge is -2.33. The van der Waals surface area contributed by atoms with E-state index in [2.05, 4.69) is 38.5 Å². The van der Waals surface area contributed by atoms with Gasteiger partial charge in [-0.3, -0.25) is 14.2 Å². The van der Waals surface area contributed by atoms with Gasteiger partial charge in [-0.2, -0.15) is 0 Å². The van der Waals surface area contributed by atoms with Gasteiger partial charge in [-0.15, -0.1) is 0 Å². The minimum Gasteiger partial charge on any atom is -0.390 e. The Labute approximate surface area is 298 Å². The summed E-state index contributed by atoms with van der Waals surface area (Å²) in [6, 6.07) is 14.5. The Morgan fingerprint density at radius 1 is 0.938 bits per heavy atom. The first-order valence-electron chi connectivity index (χ1n) is 17.2. The maximum atomic E-state index is 14.0. The maximum absolute atomic E-state index is 14.0. The summed E-state index contributed by atoms with van der Waals surface area (Å²) >= 11 is 2.19. The number of likely N-dealkylation sites (tertiary alicyclic amines) is 1. The van der Waals surface area contributed by atoms with Gasteiger partial charge in [-0.25, -0.2) is 4.79 Å². The molecule has 264 valence electrons. The van der Waals surface area contributed by atoms with Crippen LogP contribution in [0, 0.1) is 9.49 Å². The summed E-state index contributed by atoms with van der Waals surface area (Å²) in [4.78, 5) is 42.3. The van der Waals surface area contributed by atoms with E-state index in [9.17, 15) is 24.1 Å². The van der Waals surface area contributed by atoms with Gasteiger partial charge < -0.3 is 35.0 Å². The number of rotatable bonds is 16. The molecule has 2 aromatic rings. The number of hydrogen-bond donors (Lipinski definition) is 4. The molecular formula is C35H50IN4O7P. The molecule has 4 unspecified atom stereocenters. The van der Waals surface area contributed by atoms with Crippen LogP contribution < -0.4 is 16.0 Å². The molecule has 0 aromatic heterocycles. The monoisotopic (exact) mass is 796 g/mol. The van der Waals surface area contributed by atoms with E-state index in [1.807, 2.05) is 42.5 Å². The second-order valence-corrected chi connectivity index (χ2v) is 16.0. The zero-order valence-corrected chi connectivity index (χ0v) is 31.0. The zero-order valence-electron chi connectivity index (χ0n) is 27.9. The fraction of sp³-hybridized carbons (Fsp3) is 0.571. The van der Waals surface area contributed by atoms with Crippen molar-refractivity contribution in [2.45, 2.75) is 102 Å². The Hall–Kier alpha value is -2.51. The third kappa shape index (κ3) is 11.3. The molecule has 13 heteroatoms. The van der Waals surface area contributed by atoms with E-state index in [1.54, 1.807) is 26.0 Å². The summed E-state index contributed by atoms with van der Waals surface area (Å²) in [5.41, 5.74) is 1.45. The maximum Gasteiger partial charge on any atom is 0.352 e. The van der Waals surface area contributed by atoms with Crippen LogP contribution in [0.4, 0.5) is 10.5 Å². The van der Waals surface area contributed by atoms with Crippen LogP contribution in [0.25, 0.3) is 0 Å². The summed E-state index contributed by atoms with van der Waals surface area (Å²) in [6.07, 6.45) is 5.71. The number of hydrogen-bond acceptors (Lipinski definition) is 7. The molecule has 1 saturated carbocycles. The smallest absolute Gasteiger partial charge is 0.352 e. The van der Waals surface area contributed by atoms with Crippen LogP contribution in [0.2, 0.25) is 0 Å². The van der Waals surface area contributed by atoms with Gasteiger partial charge in [0.15, 0.2) is 0 Å². The third-order valence-electron chi connectivity index (χ3n) is 9.02. The van der Waals surface area contributed by atoms with Crippen LogP contribution in [0.1, 0.15) is 77.2 Å². The number of carbonyl (C=O) groups excluding carboxylic acids is 3. The first kappa shape index (κ1) is 38.3. The van der Waals surface area contributed by atoms with Crippen molar-refractivity contribution in [3.63, 3.8) is 0 Å². The van der Waals surface area contributed by atoms with Crippen LogP contribution in [0.5, 0.6) is 0 Å². The van der Waals surface area contributed by atoms with Crippen LogP contribution in [0.15, 0.2) is 54.6 Å². The van der Waals surface area contributed by atoms with Gasteiger partial charge in [0.2, 0.25) is 11.8 Å². The first-order chi connectivity index (χ1) is 23.1. The quantitative estimate of drug-likeness (QED) is 0.113. The van der Waals surface area contributed by atoms with E-state index >= 15 is 0 Å². The molecule has 0 radical (unpaired) electrons. The second-order valence-electron chi connectivity index (χ2n) is 12.6. The number of nitrogens with zero attached hydrogens (tertiary/aromatic N) is 1. The molecule has 0 bridgehead atoms. The molecule has 1 aliphatic heterocycles. The van der Waals surface area contributed by atoms with E-state index in [1.165, 1.54) is 4.90 Å². The number of aliphatic hydroxyl groups excluding tert-OH is 1. The van der Waals surface area contributed by atoms with Gasteiger partial charge in [-0.1, -0.05) is 62.4 Å². The minimum atomic E-state index is -3.58. The Morgan fingerprint density at radius 3 is 2.25 bits per heavy atom. The Kier molecular flexibility index (Phi) is 15.2. The van der Waals surface area contributed by atoms with E-state index in [4.69, 9.17) is 9.05 Å². The number of benzene rings is 2. The van der Waals surface area contributed by atoms with E-state index in [0.29, 0.717) is 31.5 Å². The summed E-state index contributed by atoms with van der Waals surface area (Å²) in [6.45, 7) is 4.24. The highest BCUT2D eigenvalue weighted by molar-refractivity contribution is 14.1. The molecule has 2 aromatic carbocycles. The van der Waals surface area contributed by atoms with Gasteiger partial charge in [0.05, 0.1) is 31.8 Å². The number of carbonyl (C=O) groups is 3. The average molecular weight is 797 g/mol. The number of amides is 4. The van der Waals surface area contributed by atoms with Crippen molar-refractivity contribution in [3.05, 3.63) is 63.7 Å². The predicted octanol–water partition coefficient (Wildman–Crippen LogP) is 6.44. The highest BCUT2D eigenvalue weighted by atomic mass is 127. The van der Waals surface area contributed by atoms with E-state index in [0.717, 1.165) is 41.2 Å². The van der Waals surface area contributed by atoms with Crippen molar-refractivity contribution in [1.29, 1.82) is 0 Å². The van der Waals surface area contributed by atoms with Crippen molar-refractivity contribution >= 4 is 53.7 Å². The molecule has 4 amide bonds. The topological polar surface area (TPSA) is 146 Å². The minimum absolute atomic E-state index is 0.189. The summed E-state index contributed by atoms with van der Waals surface area (Å²) in [7, 11) is -3.58. The van der Waals surface area contributed by atoms with Gasteiger partial charge in [0, 0.05) is 22.2 Å². The molecular weight excluding hydrogens is 746 g/mol. The van der Waals surface area contributed by atoms with Crippen molar-refractivity contribution in [3.8, 4) is 0 Å². The lowest BCUT2D eigenvalue weighted by Crippen LogP contribution is -2.55. The first-order valence-corrected chi connectivity index (χ1v) is 19.8. The number of halogens is 1. The molecule has 4 N–H and O–H groups in total. The van der Waals surface area contributed by atoms with Crippen LogP contribution in [-0.2, 0) is 29.6 Å². The lowest BCUT2D eigenvalue weighted by atomic mass is 9.83. The molecule has 2 fully saturated rings. The van der Waals surface area contributed by atoms with Gasteiger partial charge in [0.1, 0.15) is 11.8 Å². The zero-order chi connectivity index (χ0) is 34.5. The number of urea groups is 1. The second kappa shape index (κ2) is 19.0. The SMILES string of the molecule is CCOP(=O)(OCC)C1CCCN1C(=O)CC(O)C(CC1CCCCC1)NC(=O)C(Cc1ccccc1)NC(=O)Nc1ccc(I)cc1. The lowest BCUT2D eigenvalue weighted by molar-refractivity contribution is -0.134.